The zero-order chi connectivity index (χ0) is 17.8. The normalized spacial score (nSPS) is 11.1. The lowest BCUT2D eigenvalue weighted by Crippen LogP contribution is -2.25. The van der Waals surface area contributed by atoms with Gasteiger partial charge in [0.2, 0.25) is 0 Å². The van der Waals surface area contributed by atoms with Crippen molar-refractivity contribution >= 4 is 11.0 Å². The summed E-state index contributed by atoms with van der Waals surface area (Å²) in [5.74, 6) is 0. The van der Waals surface area contributed by atoms with Gasteiger partial charge in [-0.1, -0.05) is 60.7 Å². The monoisotopic (exact) mass is 346 g/mol. The molecule has 2 aromatic heterocycles. The molecular formula is C20H18N4O2. The smallest absolute Gasteiger partial charge is 0.295 e. The molecule has 0 aliphatic carbocycles. The van der Waals surface area contributed by atoms with Crippen LogP contribution >= 0.6 is 0 Å². The number of aromatic nitrogens is 4. The Bertz CT molecular complexity index is 1060. The van der Waals surface area contributed by atoms with Crippen molar-refractivity contribution in [2.45, 2.75) is 19.9 Å². The first-order chi connectivity index (χ1) is 12.8. The van der Waals surface area contributed by atoms with Crippen molar-refractivity contribution in [3.8, 4) is 0 Å². The molecule has 0 radical (unpaired) electrons. The molecule has 0 bridgehead atoms. The van der Waals surface area contributed by atoms with E-state index < -0.39 is 0 Å². The molecule has 0 spiro atoms. The molecule has 2 heterocycles. The summed E-state index contributed by atoms with van der Waals surface area (Å²) in [6.07, 6.45) is 3.28. The predicted octanol–water partition coefficient (Wildman–Crippen LogP) is 2.82. The molecular weight excluding hydrogens is 328 g/mol. The van der Waals surface area contributed by atoms with Crippen LogP contribution in [0.3, 0.4) is 0 Å². The van der Waals surface area contributed by atoms with E-state index in [2.05, 4.69) is 10.1 Å². The number of hydrogen-bond donors (Lipinski definition) is 0. The van der Waals surface area contributed by atoms with Crippen LogP contribution in [0, 0.1) is 0 Å². The van der Waals surface area contributed by atoms with E-state index in [1.807, 2.05) is 65.2 Å². The Hall–Kier alpha value is -3.25. The molecule has 0 saturated carbocycles. The number of rotatable bonds is 6. The van der Waals surface area contributed by atoms with Gasteiger partial charge in [0.05, 0.1) is 19.1 Å². The van der Waals surface area contributed by atoms with Crippen LogP contribution in [0.4, 0.5) is 0 Å². The number of benzene rings is 2. The number of ether oxygens (including phenoxy) is 1. The van der Waals surface area contributed by atoms with E-state index in [0.717, 1.165) is 11.1 Å². The Labute approximate surface area is 150 Å². The Morgan fingerprint density at radius 1 is 0.923 bits per heavy atom. The Balaban J connectivity index is 1.56. The van der Waals surface area contributed by atoms with Crippen molar-refractivity contribution in [1.82, 2.24) is 19.3 Å². The van der Waals surface area contributed by atoms with Gasteiger partial charge in [-0.05, 0) is 11.1 Å². The van der Waals surface area contributed by atoms with Crippen LogP contribution < -0.4 is 5.56 Å². The van der Waals surface area contributed by atoms with Crippen molar-refractivity contribution in [3.63, 3.8) is 0 Å². The van der Waals surface area contributed by atoms with Crippen LogP contribution in [-0.2, 0) is 24.6 Å². The van der Waals surface area contributed by atoms with Gasteiger partial charge in [-0.2, -0.15) is 5.10 Å². The summed E-state index contributed by atoms with van der Waals surface area (Å²) in [6.45, 7) is 1.11. The first kappa shape index (κ1) is 16.2. The van der Waals surface area contributed by atoms with Crippen LogP contribution in [0.25, 0.3) is 11.0 Å². The topological polar surface area (TPSA) is 61.9 Å². The van der Waals surface area contributed by atoms with Crippen molar-refractivity contribution in [2.75, 3.05) is 0 Å². The number of nitrogens with zero attached hydrogens (tertiary/aromatic N) is 4. The van der Waals surface area contributed by atoms with Gasteiger partial charge in [0, 0.05) is 6.54 Å². The molecule has 0 saturated heterocycles. The summed E-state index contributed by atoms with van der Waals surface area (Å²) < 4.78 is 8.82. The molecule has 0 amide bonds. The van der Waals surface area contributed by atoms with Gasteiger partial charge in [0.15, 0.2) is 0 Å². The highest BCUT2D eigenvalue weighted by molar-refractivity contribution is 5.72. The maximum atomic E-state index is 12.8. The fourth-order valence-corrected chi connectivity index (χ4v) is 2.84. The third-order valence-electron chi connectivity index (χ3n) is 4.14. The average Bonchev–Trinajstić information content (AvgIpc) is 3.09. The van der Waals surface area contributed by atoms with Crippen LogP contribution in [0.5, 0.6) is 0 Å². The molecule has 0 aliphatic heterocycles. The summed E-state index contributed by atoms with van der Waals surface area (Å²) in [5, 5.41) is 4.16. The van der Waals surface area contributed by atoms with Crippen molar-refractivity contribution < 1.29 is 4.74 Å². The molecule has 0 atom stereocenters. The van der Waals surface area contributed by atoms with E-state index in [9.17, 15) is 4.79 Å². The third kappa shape index (κ3) is 3.41. The zero-order valence-corrected chi connectivity index (χ0v) is 14.2. The molecule has 0 aliphatic rings. The zero-order valence-electron chi connectivity index (χ0n) is 14.2. The van der Waals surface area contributed by atoms with Crippen LogP contribution in [0.1, 0.15) is 11.1 Å². The summed E-state index contributed by atoms with van der Waals surface area (Å²) in [6, 6.07) is 19.8. The van der Waals surface area contributed by atoms with Gasteiger partial charge >= 0.3 is 0 Å². The van der Waals surface area contributed by atoms with Gasteiger partial charge < -0.3 is 9.30 Å². The quantitative estimate of drug-likeness (QED) is 0.539. The Morgan fingerprint density at radius 2 is 1.62 bits per heavy atom. The minimum Gasteiger partial charge on any atom is -0.354 e. The second kappa shape index (κ2) is 7.33. The minimum absolute atomic E-state index is 0.0974. The average molecular weight is 346 g/mol. The maximum absolute atomic E-state index is 12.8. The highest BCUT2D eigenvalue weighted by atomic mass is 16.5. The summed E-state index contributed by atoms with van der Waals surface area (Å²) >= 11 is 0. The van der Waals surface area contributed by atoms with Crippen LogP contribution in [0.2, 0.25) is 0 Å². The molecule has 6 nitrogen and oxygen atoms in total. The first-order valence-electron chi connectivity index (χ1n) is 8.38. The summed E-state index contributed by atoms with van der Waals surface area (Å²) in [5.41, 5.74) is 3.08. The van der Waals surface area contributed by atoms with E-state index in [1.54, 1.807) is 12.5 Å². The van der Waals surface area contributed by atoms with E-state index in [1.165, 1.54) is 4.68 Å². The summed E-state index contributed by atoms with van der Waals surface area (Å²) in [4.78, 5) is 17.1. The second-order valence-electron chi connectivity index (χ2n) is 6.00. The molecule has 0 N–H and O–H groups in total. The van der Waals surface area contributed by atoms with Crippen LogP contribution in [0.15, 0.2) is 78.0 Å². The standard InChI is InChI=1S/C20H18N4O2/c25-20-19-18(21-14-23(19)12-16-7-3-1-4-8-16)11-22-24(20)15-26-13-17-9-5-2-6-10-17/h1-11,14H,12-13,15H2. The van der Waals surface area contributed by atoms with E-state index >= 15 is 0 Å². The van der Waals surface area contributed by atoms with Crippen molar-refractivity contribution in [1.29, 1.82) is 0 Å². The first-order valence-corrected chi connectivity index (χ1v) is 8.38. The largest absolute Gasteiger partial charge is 0.354 e. The number of hydrogen-bond acceptors (Lipinski definition) is 4. The van der Waals surface area contributed by atoms with Crippen LogP contribution in [-0.4, -0.2) is 19.3 Å². The van der Waals surface area contributed by atoms with Gasteiger partial charge in [0.1, 0.15) is 17.8 Å². The van der Waals surface area contributed by atoms with E-state index in [0.29, 0.717) is 24.2 Å². The SMILES string of the molecule is O=c1c2c(cnn1COCc1ccccc1)ncn2Cc1ccccc1. The van der Waals surface area contributed by atoms with E-state index in [4.69, 9.17) is 4.74 Å². The molecule has 4 aromatic rings. The fourth-order valence-electron chi connectivity index (χ4n) is 2.84. The molecule has 26 heavy (non-hydrogen) atoms. The molecule has 0 unspecified atom stereocenters. The fraction of sp³-hybridized carbons (Fsp3) is 0.150. The Morgan fingerprint density at radius 3 is 2.35 bits per heavy atom. The lowest BCUT2D eigenvalue weighted by Gasteiger charge is -2.08. The highest BCUT2D eigenvalue weighted by Crippen LogP contribution is 2.10. The Kier molecular flexibility index (Phi) is 4.57. The van der Waals surface area contributed by atoms with Crippen molar-refractivity contribution in [3.05, 3.63) is 94.7 Å². The minimum atomic E-state index is -0.205. The second-order valence-corrected chi connectivity index (χ2v) is 6.00. The van der Waals surface area contributed by atoms with Crippen molar-refractivity contribution in [2.24, 2.45) is 0 Å². The third-order valence-corrected chi connectivity index (χ3v) is 4.14. The van der Waals surface area contributed by atoms with Gasteiger partial charge in [0.25, 0.3) is 5.56 Å². The summed E-state index contributed by atoms with van der Waals surface area (Å²) in [7, 11) is 0. The van der Waals surface area contributed by atoms with E-state index in [-0.39, 0.29) is 12.3 Å². The molecule has 6 heteroatoms. The highest BCUT2D eigenvalue weighted by Gasteiger charge is 2.11. The molecule has 4 rings (SSSR count). The van der Waals surface area contributed by atoms with Gasteiger partial charge in [-0.15, -0.1) is 0 Å². The van der Waals surface area contributed by atoms with Gasteiger partial charge in [-0.3, -0.25) is 4.79 Å². The van der Waals surface area contributed by atoms with Gasteiger partial charge in [-0.25, -0.2) is 9.67 Å². The molecule has 0 fully saturated rings. The number of imidazole rings is 1. The lowest BCUT2D eigenvalue weighted by molar-refractivity contribution is 0.0532. The maximum Gasteiger partial charge on any atom is 0.295 e. The lowest BCUT2D eigenvalue weighted by atomic mass is 10.2. The molecule has 130 valence electrons. The predicted molar refractivity (Wildman–Crippen MR) is 98.6 cm³/mol. The molecule has 2 aromatic carbocycles. The number of fused-ring (bicyclic) bond motifs is 1.